The number of nitrogens with two attached hydrogens (primary N) is 2. The van der Waals surface area contributed by atoms with Crippen LogP contribution in [-0.2, 0) is 0 Å². The number of hydrogen-bond acceptors (Lipinski definition) is 4. The minimum Gasteiger partial charge on any atom is -0.397 e. The summed E-state index contributed by atoms with van der Waals surface area (Å²) in [6.45, 7) is 2.32. The summed E-state index contributed by atoms with van der Waals surface area (Å²) in [5.74, 6) is -0.508. The maximum atomic E-state index is 10.9. The Morgan fingerprint density at radius 3 is 2.75 bits per heavy atom. The third-order valence-electron chi connectivity index (χ3n) is 2.34. The Morgan fingerprint density at radius 1 is 1.56 bits per heavy atom. The van der Waals surface area contributed by atoms with Crippen LogP contribution < -0.4 is 16.8 Å². The van der Waals surface area contributed by atoms with Gasteiger partial charge in [-0.25, -0.2) is 0 Å². The standard InChI is InChI=1S/C11H17N3O2/c1-2-8(15)6-14-10-4-3-7(11(13)16)5-9(10)12/h3-5,8,14-15H,2,6,12H2,1H3,(H2,13,16). The third kappa shape index (κ3) is 3.13. The highest BCUT2D eigenvalue weighted by atomic mass is 16.3. The van der Waals surface area contributed by atoms with Gasteiger partial charge in [-0.05, 0) is 24.6 Å². The van der Waals surface area contributed by atoms with E-state index in [9.17, 15) is 9.90 Å². The van der Waals surface area contributed by atoms with Crippen molar-refractivity contribution in [1.82, 2.24) is 0 Å². The molecule has 0 aliphatic rings. The van der Waals surface area contributed by atoms with Crippen molar-refractivity contribution >= 4 is 17.3 Å². The van der Waals surface area contributed by atoms with Crippen LogP contribution in [-0.4, -0.2) is 23.7 Å². The van der Waals surface area contributed by atoms with E-state index >= 15 is 0 Å². The first kappa shape index (κ1) is 12.3. The lowest BCUT2D eigenvalue weighted by Gasteiger charge is -2.13. The zero-order valence-corrected chi connectivity index (χ0v) is 9.23. The second-order valence-corrected chi connectivity index (χ2v) is 3.61. The second kappa shape index (κ2) is 5.37. The Bertz CT molecular complexity index is 379. The number of nitrogens with one attached hydrogen (secondary N) is 1. The Kier molecular flexibility index (Phi) is 4.13. The fraction of sp³-hybridized carbons (Fsp3) is 0.364. The molecule has 0 fully saturated rings. The molecular weight excluding hydrogens is 206 g/mol. The number of rotatable bonds is 5. The maximum absolute atomic E-state index is 10.9. The molecule has 1 unspecified atom stereocenters. The molecule has 0 aromatic heterocycles. The SMILES string of the molecule is CCC(O)CNc1ccc(C(N)=O)cc1N. The topological polar surface area (TPSA) is 101 Å². The number of amides is 1. The van der Waals surface area contributed by atoms with E-state index in [1.165, 1.54) is 6.07 Å². The summed E-state index contributed by atoms with van der Waals surface area (Å²) in [7, 11) is 0. The number of primary amides is 1. The first-order valence-electron chi connectivity index (χ1n) is 5.15. The molecule has 0 aliphatic heterocycles. The van der Waals surface area contributed by atoms with Gasteiger partial charge in [-0.1, -0.05) is 6.92 Å². The highest BCUT2D eigenvalue weighted by Gasteiger charge is 2.06. The first-order chi connectivity index (χ1) is 7.54. The largest absolute Gasteiger partial charge is 0.397 e. The van der Waals surface area contributed by atoms with Crippen LogP contribution in [0.5, 0.6) is 0 Å². The molecule has 16 heavy (non-hydrogen) atoms. The van der Waals surface area contributed by atoms with E-state index in [1.54, 1.807) is 12.1 Å². The van der Waals surface area contributed by atoms with Gasteiger partial charge in [0.15, 0.2) is 0 Å². The smallest absolute Gasteiger partial charge is 0.248 e. The van der Waals surface area contributed by atoms with Gasteiger partial charge in [-0.3, -0.25) is 4.79 Å². The van der Waals surface area contributed by atoms with Crippen LogP contribution in [0.2, 0.25) is 0 Å². The Morgan fingerprint density at radius 2 is 2.25 bits per heavy atom. The first-order valence-corrected chi connectivity index (χ1v) is 5.15. The molecular formula is C11H17N3O2. The average Bonchev–Trinajstić information content (AvgIpc) is 2.26. The Balaban J connectivity index is 2.72. The number of anilines is 2. The third-order valence-corrected chi connectivity index (χ3v) is 2.34. The van der Waals surface area contributed by atoms with Crippen LogP contribution in [0, 0.1) is 0 Å². The molecule has 5 nitrogen and oxygen atoms in total. The Hall–Kier alpha value is -1.75. The predicted octanol–water partition coefficient (Wildman–Crippen LogP) is 0.550. The lowest BCUT2D eigenvalue weighted by atomic mass is 10.1. The number of carbonyl (C=O) groups is 1. The van der Waals surface area contributed by atoms with Crippen LogP contribution in [0.1, 0.15) is 23.7 Å². The van der Waals surface area contributed by atoms with Crippen LogP contribution in [0.3, 0.4) is 0 Å². The van der Waals surface area contributed by atoms with Crippen molar-refractivity contribution in [2.45, 2.75) is 19.4 Å². The number of aliphatic hydroxyl groups is 1. The van der Waals surface area contributed by atoms with Crippen molar-refractivity contribution in [3.05, 3.63) is 23.8 Å². The van der Waals surface area contributed by atoms with E-state index < -0.39 is 12.0 Å². The maximum Gasteiger partial charge on any atom is 0.248 e. The molecule has 0 saturated carbocycles. The van der Waals surface area contributed by atoms with Crippen LogP contribution in [0.15, 0.2) is 18.2 Å². The zero-order valence-electron chi connectivity index (χ0n) is 9.23. The lowest BCUT2D eigenvalue weighted by Crippen LogP contribution is -2.19. The van der Waals surface area contributed by atoms with E-state index in [4.69, 9.17) is 11.5 Å². The van der Waals surface area contributed by atoms with Crippen LogP contribution in [0.25, 0.3) is 0 Å². The fourth-order valence-corrected chi connectivity index (χ4v) is 1.25. The number of benzene rings is 1. The molecule has 1 atom stereocenters. The number of nitrogen functional groups attached to an aromatic ring is 1. The molecule has 0 bridgehead atoms. The van der Waals surface area contributed by atoms with Crippen molar-refractivity contribution in [2.24, 2.45) is 5.73 Å². The highest BCUT2D eigenvalue weighted by Crippen LogP contribution is 2.19. The molecule has 1 aromatic carbocycles. The second-order valence-electron chi connectivity index (χ2n) is 3.61. The number of aliphatic hydroxyl groups excluding tert-OH is 1. The Labute approximate surface area is 94.4 Å². The van der Waals surface area contributed by atoms with Crippen molar-refractivity contribution in [3.63, 3.8) is 0 Å². The molecule has 1 rings (SSSR count). The molecule has 0 spiro atoms. The molecule has 1 aromatic rings. The van der Waals surface area contributed by atoms with Gasteiger partial charge in [-0.15, -0.1) is 0 Å². The number of hydrogen-bond donors (Lipinski definition) is 4. The lowest BCUT2D eigenvalue weighted by molar-refractivity contribution is 0.100. The summed E-state index contributed by atoms with van der Waals surface area (Å²) in [5.41, 5.74) is 12.4. The van der Waals surface area contributed by atoms with Crippen LogP contribution in [0.4, 0.5) is 11.4 Å². The molecule has 0 heterocycles. The van der Waals surface area contributed by atoms with Gasteiger partial charge in [0, 0.05) is 12.1 Å². The van der Waals surface area contributed by atoms with E-state index in [0.717, 1.165) is 0 Å². The quantitative estimate of drug-likeness (QED) is 0.547. The van der Waals surface area contributed by atoms with Crippen molar-refractivity contribution in [2.75, 3.05) is 17.6 Å². The van der Waals surface area contributed by atoms with E-state index in [0.29, 0.717) is 29.9 Å². The monoisotopic (exact) mass is 223 g/mol. The number of carbonyl (C=O) groups excluding carboxylic acids is 1. The molecule has 88 valence electrons. The molecule has 0 aliphatic carbocycles. The van der Waals surface area contributed by atoms with E-state index in [-0.39, 0.29) is 0 Å². The summed E-state index contributed by atoms with van der Waals surface area (Å²) in [6, 6.07) is 4.79. The predicted molar refractivity (Wildman–Crippen MR) is 64.2 cm³/mol. The zero-order chi connectivity index (χ0) is 12.1. The summed E-state index contributed by atoms with van der Waals surface area (Å²) >= 11 is 0. The van der Waals surface area contributed by atoms with E-state index in [2.05, 4.69) is 5.32 Å². The summed E-state index contributed by atoms with van der Waals surface area (Å²) in [5, 5.41) is 12.4. The normalized spacial score (nSPS) is 12.1. The van der Waals surface area contributed by atoms with Gasteiger partial charge >= 0.3 is 0 Å². The van der Waals surface area contributed by atoms with Gasteiger partial charge < -0.3 is 21.9 Å². The fourth-order valence-electron chi connectivity index (χ4n) is 1.25. The molecule has 1 amide bonds. The minimum atomic E-state index is -0.508. The van der Waals surface area contributed by atoms with Gasteiger partial charge in [0.05, 0.1) is 17.5 Å². The van der Waals surface area contributed by atoms with Crippen molar-refractivity contribution < 1.29 is 9.90 Å². The average molecular weight is 223 g/mol. The molecule has 6 N–H and O–H groups in total. The summed E-state index contributed by atoms with van der Waals surface area (Å²) in [4.78, 5) is 10.9. The van der Waals surface area contributed by atoms with Gasteiger partial charge in [0.1, 0.15) is 0 Å². The summed E-state index contributed by atoms with van der Waals surface area (Å²) < 4.78 is 0. The molecule has 0 saturated heterocycles. The van der Waals surface area contributed by atoms with Gasteiger partial charge in [0.2, 0.25) is 5.91 Å². The summed E-state index contributed by atoms with van der Waals surface area (Å²) in [6.07, 6.45) is 0.266. The van der Waals surface area contributed by atoms with Gasteiger partial charge in [0.25, 0.3) is 0 Å². The highest BCUT2D eigenvalue weighted by molar-refractivity contribution is 5.94. The van der Waals surface area contributed by atoms with Crippen LogP contribution >= 0.6 is 0 Å². The van der Waals surface area contributed by atoms with Gasteiger partial charge in [-0.2, -0.15) is 0 Å². The molecule has 5 heteroatoms. The van der Waals surface area contributed by atoms with Crippen molar-refractivity contribution in [3.8, 4) is 0 Å². The van der Waals surface area contributed by atoms with E-state index in [1.807, 2.05) is 6.92 Å². The minimum absolute atomic E-state index is 0.374. The molecule has 0 radical (unpaired) electrons. The van der Waals surface area contributed by atoms with Crippen molar-refractivity contribution in [1.29, 1.82) is 0 Å².